The second kappa shape index (κ2) is 6.83. The molecule has 100 valence electrons. The number of nitrogens with one attached hydrogen (secondary N) is 1. The standard InChI is InChI=1S/C13H19NO4/c1-4-17-12(15)6-5-7-14-13(16)11-8-9(2)18-10(11)3/h8H,4-7H2,1-3H3,(H,14,16). The lowest BCUT2D eigenvalue weighted by Gasteiger charge is -2.04. The van der Waals surface area contributed by atoms with Gasteiger partial charge in [-0.25, -0.2) is 0 Å². The molecule has 1 rings (SSSR count). The summed E-state index contributed by atoms with van der Waals surface area (Å²) in [6, 6.07) is 1.70. The van der Waals surface area contributed by atoms with E-state index in [0.717, 1.165) is 0 Å². The molecule has 1 amide bonds. The predicted molar refractivity (Wildman–Crippen MR) is 66.4 cm³/mol. The van der Waals surface area contributed by atoms with Crippen LogP contribution in [0.25, 0.3) is 0 Å². The van der Waals surface area contributed by atoms with Gasteiger partial charge in [0.05, 0.1) is 12.2 Å². The third-order valence-electron chi connectivity index (χ3n) is 2.43. The van der Waals surface area contributed by atoms with E-state index in [4.69, 9.17) is 9.15 Å². The fraction of sp³-hybridized carbons (Fsp3) is 0.538. The van der Waals surface area contributed by atoms with Crippen molar-refractivity contribution in [3.8, 4) is 0 Å². The summed E-state index contributed by atoms with van der Waals surface area (Å²) in [5.41, 5.74) is 0.545. The van der Waals surface area contributed by atoms with Gasteiger partial charge in [0.15, 0.2) is 0 Å². The molecule has 0 saturated carbocycles. The maximum atomic E-state index is 11.8. The molecule has 1 aromatic heterocycles. The number of hydrogen-bond donors (Lipinski definition) is 1. The Morgan fingerprint density at radius 1 is 1.39 bits per heavy atom. The van der Waals surface area contributed by atoms with Crippen LogP contribution in [0, 0.1) is 13.8 Å². The Labute approximate surface area is 106 Å². The van der Waals surface area contributed by atoms with Gasteiger partial charge < -0.3 is 14.5 Å². The van der Waals surface area contributed by atoms with Crippen LogP contribution >= 0.6 is 0 Å². The number of carbonyl (C=O) groups excluding carboxylic acids is 2. The molecule has 0 spiro atoms. The highest BCUT2D eigenvalue weighted by molar-refractivity contribution is 5.95. The first-order valence-corrected chi connectivity index (χ1v) is 6.05. The summed E-state index contributed by atoms with van der Waals surface area (Å²) in [6.07, 6.45) is 0.887. The Morgan fingerprint density at radius 2 is 2.11 bits per heavy atom. The summed E-state index contributed by atoms with van der Waals surface area (Å²) in [4.78, 5) is 22.8. The maximum Gasteiger partial charge on any atom is 0.305 e. The molecule has 0 bridgehead atoms. The van der Waals surface area contributed by atoms with Crippen LogP contribution in [0.5, 0.6) is 0 Å². The van der Waals surface area contributed by atoms with Crippen molar-refractivity contribution < 1.29 is 18.7 Å². The molecule has 0 fully saturated rings. The van der Waals surface area contributed by atoms with Crippen molar-refractivity contribution in [3.05, 3.63) is 23.2 Å². The predicted octanol–water partition coefficient (Wildman–Crippen LogP) is 1.97. The highest BCUT2D eigenvalue weighted by Gasteiger charge is 2.12. The van der Waals surface area contributed by atoms with Crippen molar-refractivity contribution in [2.75, 3.05) is 13.2 Å². The first-order chi connectivity index (χ1) is 8.54. The zero-order valence-corrected chi connectivity index (χ0v) is 11.0. The first kappa shape index (κ1) is 14.3. The number of rotatable bonds is 6. The van der Waals surface area contributed by atoms with E-state index in [1.807, 2.05) is 0 Å². The summed E-state index contributed by atoms with van der Waals surface area (Å²) >= 11 is 0. The van der Waals surface area contributed by atoms with Gasteiger partial charge in [0.1, 0.15) is 11.5 Å². The summed E-state index contributed by atoms with van der Waals surface area (Å²) in [5.74, 6) is 0.912. The fourth-order valence-corrected chi connectivity index (χ4v) is 1.62. The monoisotopic (exact) mass is 253 g/mol. The summed E-state index contributed by atoms with van der Waals surface area (Å²) in [5, 5.41) is 2.74. The number of amides is 1. The molecule has 5 nitrogen and oxygen atoms in total. The molecular weight excluding hydrogens is 234 g/mol. The van der Waals surface area contributed by atoms with Crippen LogP contribution in [0.15, 0.2) is 10.5 Å². The highest BCUT2D eigenvalue weighted by Crippen LogP contribution is 2.13. The van der Waals surface area contributed by atoms with Gasteiger partial charge in [-0.3, -0.25) is 9.59 Å². The minimum Gasteiger partial charge on any atom is -0.466 e. The topological polar surface area (TPSA) is 68.5 Å². The third kappa shape index (κ3) is 4.24. The Hall–Kier alpha value is -1.78. The van der Waals surface area contributed by atoms with E-state index in [1.165, 1.54) is 0 Å². The molecule has 1 N–H and O–H groups in total. The number of esters is 1. The van der Waals surface area contributed by atoms with E-state index in [2.05, 4.69) is 5.32 Å². The van der Waals surface area contributed by atoms with Crippen molar-refractivity contribution in [2.24, 2.45) is 0 Å². The normalized spacial score (nSPS) is 10.2. The largest absolute Gasteiger partial charge is 0.466 e. The average molecular weight is 253 g/mol. The number of hydrogen-bond acceptors (Lipinski definition) is 4. The molecular formula is C13H19NO4. The van der Waals surface area contributed by atoms with Crippen LogP contribution in [0.3, 0.4) is 0 Å². The van der Waals surface area contributed by atoms with Gasteiger partial charge >= 0.3 is 5.97 Å². The lowest BCUT2D eigenvalue weighted by atomic mass is 10.2. The van der Waals surface area contributed by atoms with E-state index >= 15 is 0 Å². The van der Waals surface area contributed by atoms with Crippen LogP contribution in [0.1, 0.15) is 41.6 Å². The molecule has 18 heavy (non-hydrogen) atoms. The lowest BCUT2D eigenvalue weighted by Crippen LogP contribution is -2.25. The number of carbonyl (C=O) groups is 2. The minimum atomic E-state index is -0.234. The van der Waals surface area contributed by atoms with E-state index in [0.29, 0.717) is 43.1 Å². The van der Waals surface area contributed by atoms with Crippen molar-refractivity contribution >= 4 is 11.9 Å². The molecule has 1 aromatic rings. The van der Waals surface area contributed by atoms with Crippen LogP contribution in [0.4, 0.5) is 0 Å². The number of furan rings is 1. The Bertz CT molecular complexity index is 423. The van der Waals surface area contributed by atoms with Gasteiger partial charge in [-0.15, -0.1) is 0 Å². The summed E-state index contributed by atoms with van der Waals surface area (Å²) in [7, 11) is 0. The maximum absolute atomic E-state index is 11.8. The van der Waals surface area contributed by atoms with Crippen LogP contribution < -0.4 is 5.32 Å². The van der Waals surface area contributed by atoms with Crippen molar-refractivity contribution in [3.63, 3.8) is 0 Å². The van der Waals surface area contributed by atoms with Gasteiger partial charge in [0, 0.05) is 13.0 Å². The summed E-state index contributed by atoms with van der Waals surface area (Å²) in [6.45, 7) is 6.15. The van der Waals surface area contributed by atoms with Gasteiger partial charge in [0.25, 0.3) is 5.91 Å². The molecule has 0 aliphatic rings. The number of ether oxygens (including phenoxy) is 1. The Balaban J connectivity index is 2.30. The quantitative estimate of drug-likeness (QED) is 0.621. The van der Waals surface area contributed by atoms with Gasteiger partial charge in [-0.05, 0) is 33.3 Å². The Kier molecular flexibility index (Phi) is 5.42. The molecule has 0 saturated heterocycles. The summed E-state index contributed by atoms with van der Waals surface area (Å²) < 4.78 is 10.1. The van der Waals surface area contributed by atoms with E-state index in [9.17, 15) is 9.59 Å². The second-order valence-electron chi connectivity index (χ2n) is 3.99. The minimum absolute atomic E-state index is 0.173. The molecule has 0 atom stereocenters. The van der Waals surface area contributed by atoms with Gasteiger partial charge in [-0.2, -0.15) is 0 Å². The van der Waals surface area contributed by atoms with Crippen molar-refractivity contribution in [1.82, 2.24) is 5.32 Å². The van der Waals surface area contributed by atoms with Crippen molar-refractivity contribution in [2.45, 2.75) is 33.6 Å². The third-order valence-corrected chi connectivity index (χ3v) is 2.43. The first-order valence-electron chi connectivity index (χ1n) is 6.05. The zero-order valence-electron chi connectivity index (χ0n) is 11.0. The highest BCUT2D eigenvalue weighted by atomic mass is 16.5. The second-order valence-corrected chi connectivity index (χ2v) is 3.99. The average Bonchev–Trinajstić information content (AvgIpc) is 2.64. The van der Waals surface area contributed by atoms with E-state index < -0.39 is 0 Å². The molecule has 0 radical (unpaired) electrons. The molecule has 5 heteroatoms. The van der Waals surface area contributed by atoms with Crippen LogP contribution in [0.2, 0.25) is 0 Å². The Morgan fingerprint density at radius 3 is 2.67 bits per heavy atom. The van der Waals surface area contributed by atoms with Crippen molar-refractivity contribution in [1.29, 1.82) is 0 Å². The molecule has 0 aromatic carbocycles. The SMILES string of the molecule is CCOC(=O)CCCNC(=O)c1cc(C)oc1C. The molecule has 0 unspecified atom stereocenters. The molecule has 1 heterocycles. The van der Waals surface area contributed by atoms with E-state index in [-0.39, 0.29) is 11.9 Å². The van der Waals surface area contributed by atoms with Crippen LogP contribution in [-0.2, 0) is 9.53 Å². The molecule has 0 aliphatic carbocycles. The van der Waals surface area contributed by atoms with Crippen LogP contribution in [-0.4, -0.2) is 25.0 Å². The molecule has 0 aliphatic heterocycles. The van der Waals surface area contributed by atoms with Gasteiger partial charge in [-0.1, -0.05) is 0 Å². The fourth-order valence-electron chi connectivity index (χ4n) is 1.62. The zero-order chi connectivity index (χ0) is 13.5. The number of aryl methyl sites for hydroxylation is 2. The smallest absolute Gasteiger partial charge is 0.305 e. The van der Waals surface area contributed by atoms with E-state index in [1.54, 1.807) is 26.8 Å². The lowest BCUT2D eigenvalue weighted by molar-refractivity contribution is -0.143. The van der Waals surface area contributed by atoms with Gasteiger partial charge in [0.2, 0.25) is 0 Å².